The van der Waals surface area contributed by atoms with Crippen LogP contribution in [0.1, 0.15) is 59.3 Å². The fourth-order valence-corrected chi connectivity index (χ4v) is 2.35. The van der Waals surface area contributed by atoms with E-state index in [1.54, 1.807) is 0 Å². The highest BCUT2D eigenvalue weighted by Gasteiger charge is 2.29. The summed E-state index contributed by atoms with van der Waals surface area (Å²) in [4.78, 5) is 0. The van der Waals surface area contributed by atoms with E-state index in [1.807, 2.05) is 0 Å². The molecule has 0 radical (unpaired) electrons. The summed E-state index contributed by atoms with van der Waals surface area (Å²) in [5.41, 5.74) is 6.02. The molecule has 0 spiro atoms. The highest BCUT2D eigenvalue weighted by Crippen LogP contribution is 2.22. The van der Waals surface area contributed by atoms with Gasteiger partial charge in [0, 0.05) is 18.1 Å². The fraction of sp³-hybridized carbons (Fsp3) is 1.00. The van der Waals surface area contributed by atoms with Crippen molar-refractivity contribution in [1.29, 1.82) is 0 Å². The first-order valence-corrected chi connectivity index (χ1v) is 6.56. The third-order valence-corrected chi connectivity index (χ3v) is 4.09. The molecule has 0 aliphatic heterocycles. The third-order valence-electron chi connectivity index (χ3n) is 4.09. The van der Waals surface area contributed by atoms with Crippen molar-refractivity contribution in [2.45, 2.75) is 70.9 Å². The first-order chi connectivity index (χ1) is 7.08. The van der Waals surface area contributed by atoms with Crippen LogP contribution in [0.2, 0.25) is 0 Å². The molecule has 1 fully saturated rings. The molecule has 1 atom stereocenters. The van der Waals surface area contributed by atoms with Crippen LogP contribution in [0.4, 0.5) is 0 Å². The zero-order valence-electron chi connectivity index (χ0n) is 10.7. The lowest BCUT2D eigenvalue weighted by atomic mass is 9.87. The molecule has 90 valence electrons. The molecule has 0 saturated heterocycles. The Morgan fingerprint density at radius 3 is 2.13 bits per heavy atom. The van der Waals surface area contributed by atoms with Gasteiger partial charge in [-0.15, -0.1) is 0 Å². The first-order valence-electron chi connectivity index (χ1n) is 6.56. The minimum Gasteiger partial charge on any atom is -0.329 e. The van der Waals surface area contributed by atoms with E-state index in [0.717, 1.165) is 6.54 Å². The molecule has 0 aromatic rings. The molecule has 1 unspecified atom stereocenters. The van der Waals surface area contributed by atoms with Crippen molar-refractivity contribution in [3.05, 3.63) is 0 Å². The van der Waals surface area contributed by atoms with E-state index in [2.05, 4.69) is 26.1 Å². The Bertz CT molecular complexity index is 171. The zero-order valence-corrected chi connectivity index (χ0v) is 10.7. The van der Waals surface area contributed by atoms with Crippen molar-refractivity contribution in [1.82, 2.24) is 5.32 Å². The predicted molar refractivity (Wildman–Crippen MR) is 66.9 cm³/mol. The van der Waals surface area contributed by atoms with Gasteiger partial charge in [-0.2, -0.15) is 0 Å². The van der Waals surface area contributed by atoms with Crippen molar-refractivity contribution in [2.75, 3.05) is 6.54 Å². The summed E-state index contributed by atoms with van der Waals surface area (Å²) in [6, 6.07) is 0.698. The van der Waals surface area contributed by atoms with E-state index in [0.29, 0.717) is 12.0 Å². The van der Waals surface area contributed by atoms with Crippen molar-refractivity contribution >= 4 is 0 Å². The molecular formula is C13H28N2. The minimum absolute atomic E-state index is 0.120. The molecule has 1 rings (SSSR count). The van der Waals surface area contributed by atoms with Gasteiger partial charge in [0.05, 0.1) is 0 Å². The van der Waals surface area contributed by atoms with Crippen molar-refractivity contribution in [2.24, 2.45) is 11.7 Å². The van der Waals surface area contributed by atoms with Gasteiger partial charge in [-0.05, 0) is 25.7 Å². The lowest BCUT2D eigenvalue weighted by Gasteiger charge is -2.37. The summed E-state index contributed by atoms with van der Waals surface area (Å²) < 4.78 is 0. The molecule has 1 aliphatic rings. The Labute approximate surface area is 95.0 Å². The van der Waals surface area contributed by atoms with Crippen molar-refractivity contribution in [3.63, 3.8) is 0 Å². The van der Waals surface area contributed by atoms with Gasteiger partial charge in [-0.3, -0.25) is 0 Å². The highest BCUT2D eigenvalue weighted by molar-refractivity contribution is 4.90. The topological polar surface area (TPSA) is 38.0 Å². The molecule has 0 heterocycles. The zero-order chi connectivity index (χ0) is 11.3. The maximum absolute atomic E-state index is 5.90. The first kappa shape index (κ1) is 13.0. The van der Waals surface area contributed by atoms with Crippen molar-refractivity contribution in [3.8, 4) is 0 Å². The lowest BCUT2D eigenvalue weighted by molar-refractivity contribution is 0.228. The highest BCUT2D eigenvalue weighted by atomic mass is 15.0. The molecule has 15 heavy (non-hydrogen) atoms. The lowest BCUT2D eigenvalue weighted by Crippen LogP contribution is -2.56. The smallest absolute Gasteiger partial charge is 0.0301 e. The van der Waals surface area contributed by atoms with Crippen LogP contribution < -0.4 is 11.1 Å². The Morgan fingerprint density at radius 1 is 1.20 bits per heavy atom. The number of nitrogens with one attached hydrogen (secondary N) is 1. The summed E-state index contributed by atoms with van der Waals surface area (Å²) in [5.74, 6) is 0.603. The van der Waals surface area contributed by atoms with Crippen LogP contribution in [-0.2, 0) is 0 Å². The Kier molecular flexibility index (Phi) is 5.07. The summed E-state index contributed by atoms with van der Waals surface area (Å²) in [6.07, 6.45) is 8.27. The van der Waals surface area contributed by atoms with Crippen LogP contribution in [0.3, 0.4) is 0 Å². The van der Waals surface area contributed by atoms with E-state index in [4.69, 9.17) is 5.73 Å². The second-order valence-corrected chi connectivity index (χ2v) is 5.61. The van der Waals surface area contributed by atoms with Crippen LogP contribution in [0, 0.1) is 5.92 Å². The van der Waals surface area contributed by atoms with Gasteiger partial charge in [0.1, 0.15) is 0 Å². The van der Waals surface area contributed by atoms with Crippen LogP contribution in [0.15, 0.2) is 0 Å². The van der Waals surface area contributed by atoms with Gasteiger partial charge in [0.15, 0.2) is 0 Å². The maximum Gasteiger partial charge on any atom is 0.0301 e. The number of rotatable bonds is 4. The van der Waals surface area contributed by atoms with E-state index < -0.39 is 0 Å². The monoisotopic (exact) mass is 212 g/mol. The maximum atomic E-state index is 5.90. The number of hydrogen-bond acceptors (Lipinski definition) is 2. The van der Waals surface area contributed by atoms with Gasteiger partial charge in [0.25, 0.3) is 0 Å². The van der Waals surface area contributed by atoms with Crippen LogP contribution >= 0.6 is 0 Å². The molecule has 1 aliphatic carbocycles. The molecule has 0 bridgehead atoms. The van der Waals surface area contributed by atoms with Crippen LogP contribution in [-0.4, -0.2) is 18.1 Å². The molecule has 0 aromatic heterocycles. The van der Waals surface area contributed by atoms with Crippen LogP contribution in [0.25, 0.3) is 0 Å². The van der Waals surface area contributed by atoms with Crippen molar-refractivity contribution < 1.29 is 0 Å². The van der Waals surface area contributed by atoms with Gasteiger partial charge in [-0.25, -0.2) is 0 Å². The Morgan fingerprint density at radius 2 is 1.73 bits per heavy atom. The van der Waals surface area contributed by atoms with Gasteiger partial charge in [0.2, 0.25) is 0 Å². The molecule has 0 aromatic carbocycles. The summed E-state index contributed by atoms with van der Waals surface area (Å²) in [5, 5.41) is 3.80. The number of nitrogens with two attached hydrogens (primary N) is 1. The number of hydrogen-bond donors (Lipinski definition) is 2. The summed E-state index contributed by atoms with van der Waals surface area (Å²) in [6.45, 7) is 7.52. The largest absolute Gasteiger partial charge is 0.329 e. The molecular weight excluding hydrogens is 184 g/mol. The Balaban J connectivity index is 2.49. The van der Waals surface area contributed by atoms with E-state index in [9.17, 15) is 0 Å². The van der Waals surface area contributed by atoms with Crippen LogP contribution in [0.5, 0.6) is 0 Å². The minimum atomic E-state index is 0.120. The second-order valence-electron chi connectivity index (χ2n) is 5.61. The molecule has 2 nitrogen and oxygen atoms in total. The van der Waals surface area contributed by atoms with E-state index >= 15 is 0 Å². The van der Waals surface area contributed by atoms with Gasteiger partial charge in [-0.1, -0.05) is 39.5 Å². The normalized spacial score (nSPS) is 23.8. The summed E-state index contributed by atoms with van der Waals surface area (Å²) >= 11 is 0. The summed E-state index contributed by atoms with van der Waals surface area (Å²) in [7, 11) is 0. The quantitative estimate of drug-likeness (QED) is 0.703. The predicted octanol–water partition coefficient (Wildman–Crippen LogP) is 2.67. The fourth-order valence-electron chi connectivity index (χ4n) is 2.35. The molecule has 0 amide bonds. The average molecular weight is 212 g/mol. The average Bonchev–Trinajstić information content (AvgIpc) is 2.46. The molecule has 2 heteroatoms. The van der Waals surface area contributed by atoms with E-state index in [-0.39, 0.29) is 5.54 Å². The standard InChI is InChI=1S/C13H28N2/c1-11(2)13(3,10-14)15-12-8-6-4-5-7-9-12/h11-12,15H,4-10,14H2,1-3H3. The van der Waals surface area contributed by atoms with Gasteiger partial charge >= 0.3 is 0 Å². The second kappa shape index (κ2) is 5.86. The molecule has 3 N–H and O–H groups in total. The molecule has 1 saturated carbocycles. The Hall–Kier alpha value is -0.0800. The third kappa shape index (κ3) is 3.76. The van der Waals surface area contributed by atoms with Gasteiger partial charge < -0.3 is 11.1 Å². The van der Waals surface area contributed by atoms with E-state index in [1.165, 1.54) is 38.5 Å². The SMILES string of the molecule is CC(C)C(C)(CN)NC1CCCCCC1.